The van der Waals surface area contributed by atoms with Crippen molar-refractivity contribution in [3.05, 3.63) is 33.2 Å². The molecule has 1 aromatic heterocycles. The minimum Gasteiger partial charge on any atom is -0.496 e. The Hall–Kier alpha value is -1.38. The topological polar surface area (TPSA) is 45.9 Å². The number of hydrogen-bond acceptors (Lipinski definition) is 4. The standard InChI is InChI=1S/C14H13BrN2OS/c1-3-9-4-5-12(18-2)10(8-9)14-17-11(6-7-16)13(15)19-14/h4-5,8H,3,6H2,1-2H3. The van der Waals surface area contributed by atoms with Crippen LogP contribution in [-0.4, -0.2) is 12.1 Å². The lowest BCUT2D eigenvalue weighted by Gasteiger charge is -2.07. The van der Waals surface area contributed by atoms with Gasteiger partial charge in [-0.2, -0.15) is 5.26 Å². The van der Waals surface area contributed by atoms with Crippen LogP contribution in [0.2, 0.25) is 0 Å². The van der Waals surface area contributed by atoms with E-state index in [9.17, 15) is 0 Å². The van der Waals surface area contributed by atoms with Crippen molar-refractivity contribution in [3.8, 4) is 22.4 Å². The van der Waals surface area contributed by atoms with E-state index in [1.54, 1.807) is 7.11 Å². The summed E-state index contributed by atoms with van der Waals surface area (Å²) in [7, 11) is 1.66. The number of hydrogen-bond donors (Lipinski definition) is 0. The Balaban J connectivity index is 2.51. The van der Waals surface area contributed by atoms with Crippen LogP contribution in [0.1, 0.15) is 18.2 Å². The van der Waals surface area contributed by atoms with Gasteiger partial charge in [-0.25, -0.2) is 4.98 Å². The van der Waals surface area contributed by atoms with Crippen LogP contribution in [0.4, 0.5) is 0 Å². The van der Waals surface area contributed by atoms with E-state index in [4.69, 9.17) is 10.00 Å². The second kappa shape index (κ2) is 6.18. The fraction of sp³-hybridized carbons (Fsp3) is 0.286. The van der Waals surface area contributed by atoms with E-state index in [0.29, 0.717) is 6.42 Å². The van der Waals surface area contributed by atoms with Crippen molar-refractivity contribution in [2.24, 2.45) is 0 Å². The number of halogens is 1. The molecule has 98 valence electrons. The molecule has 0 aliphatic heterocycles. The highest BCUT2D eigenvalue weighted by Crippen LogP contribution is 2.37. The highest BCUT2D eigenvalue weighted by atomic mass is 79.9. The van der Waals surface area contributed by atoms with E-state index in [0.717, 1.165) is 32.2 Å². The monoisotopic (exact) mass is 336 g/mol. The van der Waals surface area contributed by atoms with Gasteiger partial charge in [0.2, 0.25) is 0 Å². The van der Waals surface area contributed by atoms with Crippen LogP contribution in [0.25, 0.3) is 10.6 Å². The first-order valence-corrected chi connectivity index (χ1v) is 7.50. The molecule has 0 aliphatic rings. The summed E-state index contributed by atoms with van der Waals surface area (Å²) in [5, 5.41) is 9.65. The Morgan fingerprint density at radius 3 is 2.89 bits per heavy atom. The maximum Gasteiger partial charge on any atom is 0.129 e. The number of nitrogens with zero attached hydrogens (tertiary/aromatic N) is 2. The molecule has 0 radical (unpaired) electrons. The minimum atomic E-state index is 0.312. The van der Waals surface area contributed by atoms with Crippen LogP contribution < -0.4 is 4.74 Å². The van der Waals surface area contributed by atoms with Crippen LogP contribution in [-0.2, 0) is 12.8 Å². The van der Waals surface area contributed by atoms with Crippen LogP contribution in [0.3, 0.4) is 0 Å². The number of methoxy groups -OCH3 is 1. The Morgan fingerprint density at radius 1 is 1.47 bits per heavy atom. The Kier molecular flexibility index (Phi) is 4.56. The molecule has 1 heterocycles. The predicted octanol–water partition coefficient (Wildman–Crippen LogP) is 4.21. The third-order valence-electron chi connectivity index (χ3n) is 2.80. The Bertz CT molecular complexity index is 631. The molecule has 0 saturated heterocycles. The van der Waals surface area contributed by atoms with Gasteiger partial charge >= 0.3 is 0 Å². The highest BCUT2D eigenvalue weighted by molar-refractivity contribution is 9.11. The van der Waals surface area contributed by atoms with E-state index >= 15 is 0 Å². The second-order valence-electron chi connectivity index (χ2n) is 3.96. The van der Waals surface area contributed by atoms with Crippen molar-refractivity contribution in [1.29, 1.82) is 5.26 Å². The number of rotatable bonds is 4. The predicted molar refractivity (Wildman–Crippen MR) is 80.5 cm³/mol. The fourth-order valence-corrected chi connectivity index (χ4v) is 3.29. The third kappa shape index (κ3) is 2.96. The molecule has 2 rings (SSSR count). The molecule has 0 unspecified atom stereocenters. The third-order valence-corrected chi connectivity index (χ3v) is 4.66. The number of aromatic nitrogens is 1. The largest absolute Gasteiger partial charge is 0.496 e. The summed E-state index contributed by atoms with van der Waals surface area (Å²) in [5.74, 6) is 0.807. The summed E-state index contributed by atoms with van der Waals surface area (Å²) in [6.45, 7) is 2.12. The molecule has 0 spiro atoms. The maximum atomic E-state index is 8.78. The SMILES string of the molecule is CCc1ccc(OC)c(-c2nc(CC#N)c(Br)s2)c1. The molecule has 1 aromatic carbocycles. The van der Waals surface area contributed by atoms with Gasteiger partial charge in [0.1, 0.15) is 10.8 Å². The van der Waals surface area contributed by atoms with Crippen molar-refractivity contribution < 1.29 is 4.74 Å². The quantitative estimate of drug-likeness (QED) is 0.840. The van der Waals surface area contributed by atoms with E-state index in [2.05, 4.69) is 46.0 Å². The molecule has 2 aromatic rings. The van der Waals surface area contributed by atoms with Crippen LogP contribution in [0.5, 0.6) is 5.75 Å². The van der Waals surface area contributed by atoms with Crippen LogP contribution in [0, 0.1) is 11.3 Å². The van der Waals surface area contributed by atoms with Gasteiger partial charge in [-0.05, 0) is 40.0 Å². The first kappa shape index (κ1) is 14.0. The van der Waals surface area contributed by atoms with Crippen LogP contribution >= 0.6 is 27.3 Å². The molecular formula is C14H13BrN2OS. The van der Waals surface area contributed by atoms with Crippen LogP contribution in [0.15, 0.2) is 22.0 Å². The van der Waals surface area contributed by atoms with Crippen molar-refractivity contribution in [2.75, 3.05) is 7.11 Å². The number of benzene rings is 1. The summed E-state index contributed by atoms with van der Waals surface area (Å²) in [4.78, 5) is 4.52. The van der Waals surface area contributed by atoms with E-state index in [-0.39, 0.29) is 0 Å². The zero-order valence-corrected chi connectivity index (χ0v) is 13.1. The zero-order valence-electron chi connectivity index (χ0n) is 10.7. The molecule has 5 heteroatoms. The van der Waals surface area contributed by atoms with Crippen molar-refractivity contribution in [1.82, 2.24) is 4.98 Å². The number of thiazole rings is 1. The Morgan fingerprint density at radius 2 is 2.26 bits per heavy atom. The van der Waals surface area contributed by atoms with Gasteiger partial charge in [0, 0.05) is 0 Å². The summed E-state index contributed by atoms with van der Waals surface area (Å²) < 4.78 is 6.30. The van der Waals surface area contributed by atoms with Gasteiger partial charge < -0.3 is 4.74 Å². The van der Waals surface area contributed by atoms with E-state index < -0.39 is 0 Å². The van der Waals surface area contributed by atoms with Crippen molar-refractivity contribution in [3.63, 3.8) is 0 Å². The zero-order chi connectivity index (χ0) is 13.8. The summed E-state index contributed by atoms with van der Waals surface area (Å²) >= 11 is 4.99. The van der Waals surface area contributed by atoms with Gasteiger partial charge in [0.15, 0.2) is 0 Å². The van der Waals surface area contributed by atoms with E-state index in [1.165, 1.54) is 16.9 Å². The maximum absolute atomic E-state index is 8.78. The lowest BCUT2D eigenvalue weighted by Crippen LogP contribution is -1.90. The van der Waals surface area contributed by atoms with Gasteiger partial charge in [-0.3, -0.25) is 0 Å². The first-order valence-electron chi connectivity index (χ1n) is 5.89. The molecule has 0 N–H and O–H groups in total. The molecule has 0 bridgehead atoms. The minimum absolute atomic E-state index is 0.312. The molecule has 0 saturated carbocycles. The summed E-state index contributed by atoms with van der Waals surface area (Å²) in [6.07, 6.45) is 1.28. The number of aryl methyl sites for hydroxylation is 1. The second-order valence-corrected chi connectivity index (χ2v) is 6.28. The molecule has 19 heavy (non-hydrogen) atoms. The van der Waals surface area contributed by atoms with Gasteiger partial charge in [0.25, 0.3) is 0 Å². The van der Waals surface area contributed by atoms with E-state index in [1.807, 2.05) is 6.07 Å². The smallest absolute Gasteiger partial charge is 0.129 e. The first-order chi connectivity index (χ1) is 9.19. The average Bonchev–Trinajstić information content (AvgIpc) is 2.80. The van der Waals surface area contributed by atoms with Gasteiger partial charge in [-0.1, -0.05) is 13.0 Å². The number of nitriles is 1. The lowest BCUT2D eigenvalue weighted by molar-refractivity contribution is 0.416. The molecule has 0 aliphatic carbocycles. The lowest BCUT2D eigenvalue weighted by atomic mass is 10.1. The van der Waals surface area contributed by atoms with Crippen molar-refractivity contribution >= 4 is 27.3 Å². The normalized spacial score (nSPS) is 10.2. The average molecular weight is 337 g/mol. The summed E-state index contributed by atoms with van der Waals surface area (Å²) in [6, 6.07) is 8.24. The molecule has 0 amide bonds. The van der Waals surface area contributed by atoms with Gasteiger partial charge in [0.05, 0.1) is 34.6 Å². The van der Waals surface area contributed by atoms with Crippen molar-refractivity contribution in [2.45, 2.75) is 19.8 Å². The number of ether oxygens (including phenoxy) is 1. The van der Waals surface area contributed by atoms with Gasteiger partial charge in [-0.15, -0.1) is 11.3 Å². The molecular weight excluding hydrogens is 324 g/mol. The molecule has 0 fully saturated rings. The summed E-state index contributed by atoms with van der Waals surface area (Å²) in [5.41, 5.74) is 3.01. The highest BCUT2D eigenvalue weighted by Gasteiger charge is 2.14. The fourth-order valence-electron chi connectivity index (χ4n) is 1.77. The Labute approximate surface area is 125 Å². The molecule has 3 nitrogen and oxygen atoms in total. The molecule has 0 atom stereocenters.